The Morgan fingerprint density at radius 3 is 2.54 bits per heavy atom. The van der Waals surface area contributed by atoms with Crippen molar-refractivity contribution in [3.8, 4) is 0 Å². The Hall–Kier alpha value is -0.370. The maximum atomic E-state index is 11.5. The largest absolute Gasteiger partial charge is 0.378 e. The number of Topliss-reactive ketones (excluding diaryl/α,β-unsaturated/α-hetero) is 1. The van der Waals surface area contributed by atoms with Gasteiger partial charge in [0.1, 0.15) is 5.78 Å². The number of methoxy groups -OCH3 is 1. The number of hydrogen-bond donors (Lipinski definition) is 0. The average Bonchev–Trinajstić information content (AvgIpc) is 2.08. The van der Waals surface area contributed by atoms with E-state index in [0.717, 1.165) is 32.1 Å². The van der Waals surface area contributed by atoms with Crippen LogP contribution in [0.3, 0.4) is 0 Å². The first-order chi connectivity index (χ1) is 6.22. The summed E-state index contributed by atoms with van der Waals surface area (Å²) in [6.07, 6.45) is 6.87. The molecule has 2 nitrogen and oxygen atoms in total. The van der Waals surface area contributed by atoms with Crippen molar-refractivity contribution in [1.82, 2.24) is 0 Å². The Kier molecular flexibility index (Phi) is 3.91. The van der Waals surface area contributed by atoms with E-state index in [2.05, 4.69) is 6.92 Å². The first-order valence-electron chi connectivity index (χ1n) is 5.29. The number of ether oxygens (including phenoxy) is 1. The van der Waals surface area contributed by atoms with Crippen LogP contribution < -0.4 is 0 Å². The fourth-order valence-electron chi connectivity index (χ4n) is 1.85. The van der Waals surface area contributed by atoms with Gasteiger partial charge in [0.2, 0.25) is 0 Å². The molecule has 1 fully saturated rings. The Bertz CT molecular complexity index is 165. The summed E-state index contributed by atoms with van der Waals surface area (Å²) in [6, 6.07) is 0. The van der Waals surface area contributed by atoms with E-state index >= 15 is 0 Å². The molecule has 0 unspecified atom stereocenters. The Morgan fingerprint density at radius 2 is 2.15 bits per heavy atom. The van der Waals surface area contributed by atoms with Crippen molar-refractivity contribution in [2.45, 2.75) is 57.5 Å². The molecule has 1 aliphatic rings. The molecule has 0 aromatic heterocycles. The first-order valence-corrected chi connectivity index (χ1v) is 5.29. The lowest BCUT2D eigenvalue weighted by Crippen LogP contribution is -2.41. The SMILES string of the molecule is CCCCC(=O)CC1(OC)CCC1. The monoisotopic (exact) mass is 184 g/mol. The van der Waals surface area contributed by atoms with Crippen molar-refractivity contribution in [3.05, 3.63) is 0 Å². The highest BCUT2D eigenvalue weighted by molar-refractivity contribution is 5.79. The van der Waals surface area contributed by atoms with Gasteiger partial charge in [-0.25, -0.2) is 0 Å². The molecule has 0 radical (unpaired) electrons. The van der Waals surface area contributed by atoms with Crippen LogP contribution in [0.5, 0.6) is 0 Å². The van der Waals surface area contributed by atoms with Crippen LogP contribution in [0, 0.1) is 0 Å². The molecule has 0 aliphatic heterocycles. The molecular weight excluding hydrogens is 164 g/mol. The third kappa shape index (κ3) is 2.80. The fraction of sp³-hybridized carbons (Fsp3) is 0.909. The summed E-state index contributed by atoms with van der Waals surface area (Å²) in [4.78, 5) is 11.5. The summed E-state index contributed by atoms with van der Waals surface area (Å²) in [5.41, 5.74) is -0.0647. The van der Waals surface area contributed by atoms with Gasteiger partial charge in [-0.1, -0.05) is 13.3 Å². The van der Waals surface area contributed by atoms with Crippen molar-refractivity contribution in [1.29, 1.82) is 0 Å². The zero-order valence-corrected chi connectivity index (χ0v) is 8.77. The van der Waals surface area contributed by atoms with Gasteiger partial charge in [-0.3, -0.25) is 4.79 Å². The number of rotatable bonds is 6. The Morgan fingerprint density at radius 1 is 1.46 bits per heavy atom. The van der Waals surface area contributed by atoms with Gasteiger partial charge < -0.3 is 4.74 Å². The van der Waals surface area contributed by atoms with Crippen LogP contribution >= 0.6 is 0 Å². The van der Waals surface area contributed by atoms with Crippen molar-refractivity contribution in [2.24, 2.45) is 0 Å². The lowest BCUT2D eigenvalue weighted by atomic mass is 9.76. The van der Waals surface area contributed by atoms with Gasteiger partial charge in [0.25, 0.3) is 0 Å². The molecule has 0 amide bonds. The lowest BCUT2D eigenvalue weighted by molar-refractivity contribution is -0.132. The second-order valence-electron chi connectivity index (χ2n) is 4.06. The Balaban J connectivity index is 2.25. The van der Waals surface area contributed by atoms with Gasteiger partial charge in [-0.2, -0.15) is 0 Å². The van der Waals surface area contributed by atoms with E-state index in [4.69, 9.17) is 4.74 Å². The Labute approximate surface area is 80.7 Å². The molecule has 0 saturated heterocycles. The first kappa shape index (κ1) is 10.7. The molecule has 1 saturated carbocycles. The van der Waals surface area contributed by atoms with Crippen molar-refractivity contribution in [3.63, 3.8) is 0 Å². The highest BCUT2D eigenvalue weighted by Gasteiger charge is 2.38. The summed E-state index contributed by atoms with van der Waals surface area (Å²) in [7, 11) is 1.73. The summed E-state index contributed by atoms with van der Waals surface area (Å²) in [6.45, 7) is 2.11. The van der Waals surface area contributed by atoms with Crippen molar-refractivity contribution >= 4 is 5.78 Å². The van der Waals surface area contributed by atoms with Gasteiger partial charge in [0.15, 0.2) is 0 Å². The molecule has 0 aromatic carbocycles. The van der Waals surface area contributed by atoms with Gasteiger partial charge in [0.05, 0.1) is 5.60 Å². The van der Waals surface area contributed by atoms with Gasteiger partial charge in [0, 0.05) is 20.0 Å². The number of hydrogen-bond acceptors (Lipinski definition) is 2. The molecular formula is C11H20O2. The third-order valence-electron chi connectivity index (χ3n) is 3.03. The molecule has 1 rings (SSSR count). The zero-order chi connectivity index (χ0) is 9.73. The molecule has 0 spiro atoms. The van der Waals surface area contributed by atoms with Crippen LogP contribution in [0.1, 0.15) is 51.9 Å². The maximum absolute atomic E-state index is 11.5. The molecule has 0 heterocycles. The highest BCUT2D eigenvalue weighted by Crippen LogP contribution is 2.38. The van der Waals surface area contributed by atoms with Crippen molar-refractivity contribution in [2.75, 3.05) is 7.11 Å². The molecule has 76 valence electrons. The van der Waals surface area contributed by atoms with Crippen LogP contribution in [0.25, 0.3) is 0 Å². The van der Waals surface area contributed by atoms with E-state index in [1.807, 2.05) is 0 Å². The quantitative estimate of drug-likeness (QED) is 0.634. The van der Waals surface area contributed by atoms with Gasteiger partial charge in [-0.15, -0.1) is 0 Å². The summed E-state index contributed by atoms with van der Waals surface area (Å²) < 4.78 is 5.40. The fourth-order valence-corrected chi connectivity index (χ4v) is 1.85. The lowest BCUT2D eigenvalue weighted by Gasteiger charge is -2.40. The summed E-state index contributed by atoms with van der Waals surface area (Å²) >= 11 is 0. The van der Waals surface area contributed by atoms with E-state index in [9.17, 15) is 4.79 Å². The predicted molar refractivity (Wildman–Crippen MR) is 52.7 cm³/mol. The molecule has 0 bridgehead atoms. The van der Waals surface area contributed by atoms with E-state index < -0.39 is 0 Å². The minimum absolute atomic E-state index is 0.0647. The smallest absolute Gasteiger partial charge is 0.135 e. The zero-order valence-electron chi connectivity index (χ0n) is 8.77. The number of unbranched alkanes of at least 4 members (excludes halogenated alkanes) is 1. The van der Waals surface area contributed by atoms with Crippen LogP contribution in [0.15, 0.2) is 0 Å². The molecule has 0 N–H and O–H groups in total. The average molecular weight is 184 g/mol. The maximum Gasteiger partial charge on any atom is 0.135 e. The summed E-state index contributed by atoms with van der Waals surface area (Å²) in [5, 5.41) is 0. The van der Waals surface area contributed by atoms with Crippen molar-refractivity contribution < 1.29 is 9.53 Å². The topological polar surface area (TPSA) is 26.3 Å². The predicted octanol–water partition coefficient (Wildman–Crippen LogP) is 2.70. The second-order valence-corrected chi connectivity index (χ2v) is 4.06. The number of ketones is 1. The standard InChI is InChI=1S/C11H20O2/c1-3-4-6-10(12)9-11(13-2)7-5-8-11/h3-9H2,1-2H3. The van der Waals surface area contributed by atoms with Crippen LogP contribution in [-0.2, 0) is 9.53 Å². The van der Waals surface area contributed by atoms with Crippen LogP contribution in [0.2, 0.25) is 0 Å². The van der Waals surface area contributed by atoms with Crippen LogP contribution in [-0.4, -0.2) is 18.5 Å². The van der Waals surface area contributed by atoms with E-state index in [1.54, 1.807) is 7.11 Å². The minimum Gasteiger partial charge on any atom is -0.378 e. The van der Waals surface area contributed by atoms with E-state index in [0.29, 0.717) is 12.2 Å². The minimum atomic E-state index is -0.0647. The summed E-state index contributed by atoms with van der Waals surface area (Å²) in [5.74, 6) is 0.378. The van der Waals surface area contributed by atoms with Gasteiger partial charge in [-0.05, 0) is 25.7 Å². The van der Waals surface area contributed by atoms with E-state index in [-0.39, 0.29) is 5.60 Å². The number of carbonyl (C=O) groups is 1. The van der Waals surface area contributed by atoms with Crippen LogP contribution in [0.4, 0.5) is 0 Å². The third-order valence-corrected chi connectivity index (χ3v) is 3.03. The molecule has 0 aromatic rings. The number of carbonyl (C=O) groups excluding carboxylic acids is 1. The van der Waals surface area contributed by atoms with Gasteiger partial charge >= 0.3 is 0 Å². The molecule has 0 atom stereocenters. The normalized spacial score (nSPS) is 19.5. The second kappa shape index (κ2) is 4.75. The van der Waals surface area contributed by atoms with E-state index in [1.165, 1.54) is 6.42 Å². The molecule has 1 aliphatic carbocycles. The highest BCUT2D eigenvalue weighted by atomic mass is 16.5. The molecule has 2 heteroatoms. The molecule has 13 heavy (non-hydrogen) atoms.